The number of benzene rings is 2. The number of halogens is 4. The SMILES string of the molecule is CCC1(COc2ccc(/C=C/C(=O)Oc3ccc(OC(F)(F)F)c(F)c3)cc2)COC1. The molecule has 1 heterocycles. The molecule has 0 atom stereocenters. The number of alkyl halides is 3. The summed E-state index contributed by atoms with van der Waals surface area (Å²) in [5, 5.41) is 0. The van der Waals surface area contributed by atoms with Crippen molar-refractivity contribution < 1.29 is 41.3 Å². The van der Waals surface area contributed by atoms with Crippen molar-refractivity contribution >= 4 is 12.0 Å². The number of carbonyl (C=O) groups excluding carboxylic acids is 1. The molecule has 0 saturated carbocycles. The normalized spacial score (nSPS) is 15.4. The van der Waals surface area contributed by atoms with Crippen molar-refractivity contribution in [2.45, 2.75) is 19.7 Å². The Labute approximate surface area is 176 Å². The summed E-state index contributed by atoms with van der Waals surface area (Å²) in [5.41, 5.74) is 0.764. The fraction of sp³-hybridized carbons (Fsp3) is 0.318. The van der Waals surface area contributed by atoms with Gasteiger partial charge in [-0.2, -0.15) is 0 Å². The van der Waals surface area contributed by atoms with E-state index in [-0.39, 0.29) is 11.2 Å². The summed E-state index contributed by atoms with van der Waals surface area (Å²) in [6.45, 7) is 4.04. The number of hydrogen-bond acceptors (Lipinski definition) is 5. The molecular formula is C22H20F4O5. The Morgan fingerprint density at radius 1 is 1.13 bits per heavy atom. The first kappa shape index (κ1) is 22.6. The molecule has 5 nitrogen and oxygen atoms in total. The van der Waals surface area contributed by atoms with E-state index >= 15 is 0 Å². The van der Waals surface area contributed by atoms with Crippen LogP contribution < -0.4 is 14.2 Å². The van der Waals surface area contributed by atoms with Gasteiger partial charge < -0.3 is 18.9 Å². The van der Waals surface area contributed by atoms with Crippen LogP contribution in [0.2, 0.25) is 0 Å². The second-order valence-electron chi connectivity index (χ2n) is 7.10. The molecule has 0 amide bonds. The van der Waals surface area contributed by atoms with E-state index in [1.807, 2.05) is 0 Å². The maximum Gasteiger partial charge on any atom is 0.573 e. The summed E-state index contributed by atoms with van der Waals surface area (Å²) >= 11 is 0. The Kier molecular flexibility index (Phi) is 6.84. The van der Waals surface area contributed by atoms with Gasteiger partial charge >= 0.3 is 12.3 Å². The van der Waals surface area contributed by atoms with Gasteiger partial charge in [-0.05, 0) is 42.3 Å². The van der Waals surface area contributed by atoms with Crippen molar-refractivity contribution in [1.82, 2.24) is 0 Å². The Hall–Kier alpha value is -3.07. The van der Waals surface area contributed by atoms with E-state index in [9.17, 15) is 22.4 Å². The minimum Gasteiger partial charge on any atom is -0.493 e. The van der Waals surface area contributed by atoms with Crippen LogP contribution in [0.5, 0.6) is 17.2 Å². The lowest BCUT2D eigenvalue weighted by Gasteiger charge is -2.40. The molecule has 0 N–H and O–H groups in total. The van der Waals surface area contributed by atoms with Gasteiger partial charge in [-0.25, -0.2) is 9.18 Å². The van der Waals surface area contributed by atoms with Crippen molar-refractivity contribution in [3.63, 3.8) is 0 Å². The molecular weight excluding hydrogens is 420 g/mol. The highest BCUT2D eigenvalue weighted by Gasteiger charge is 2.37. The summed E-state index contributed by atoms with van der Waals surface area (Å²) in [6.07, 6.45) is -1.45. The van der Waals surface area contributed by atoms with E-state index in [1.165, 1.54) is 6.08 Å². The van der Waals surface area contributed by atoms with E-state index in [0.717, 1.165) is 24.6 Å². The highest BCUT2D eigenvalue weighted by atomic mass is 19.4. The average molecular weight is 440 g/mol. The zero-order valence-corrected chi connectivity index (χ0v) is 16.6. The molecule has 2 aromatic carbocycles. The molecule has 2 aromatic rings. The van der Waals surface area contributed by atoms with Crippen LogP contribution >= 0.6 is 0 Å². The van der Waals surface area contributed by atoms with Gasteiger partial charge in [0.15, 0.2) is 11.6 Å². The molecule has 3 rings (SSSR count). The van der Waals surface area contributed by atoms with Crippen LogP contribution in [0.1, 0.15) is 18.9 Å². The Morgan fingerprint density at radius 3 is 2.35 bits per heavy atom. The maximum atomic E-state index is 13.7. The fourth-order valence-electron chi connectivity index (χ4n) is 2.76. The van der Waals surface area contributed by atoms with Crippen LogP contribution in [0.3, 0.4) is 0 Å². The predicted octanol–water partition coefficient (Wildman–Crippen LogP) is 5.15. The molecule has 1 saturated heterocycles. The van der Waals surface area contributed by atoms with Gasteiger partial charge in [-0.3, -0.25) is 0 Å². The first-order valence-electron chi connectivity index (χ1n) is 9.44. The maximum absolute atomic E-state index is 13.7. The van der Waals surface area contributed by atoms with Crippen molar-refractivity contribution in [2.24, 2.45) is 5.41 Å². The van der Waals surface area contributed by atoms with E-state index < -0.39 is 23.9 Å². The summed E-state index contributed by atoms with van der Waals surface area (Å²) in [6, 6.07) is 9.39. The van der Waals surface area contributed by atoms with E-state index in [1.54, 1.807) is 24.3 Å². The number of rotatable bonds is 8. The van der Waals surface area contributed by atoms with Crippen LogP contribution in [-0.4, -0.2) is 32.2 Å². The van der Waals surface area contributed by atoms with Crippen molar-refractivity contribution in [2.75, 3.05) is 19.8 Å². The standard InChI is InChI=1S/C22H20F4O5/c1-2-21(12-28-13-21)14-29-16-6-3-15(4-7-16)5-10-20(27)30-17-8-9-19(18(23)11-17)31-22(24,25)26/h3-11H,2,12-14H2,1H3/b10-5+. The molecule has 0 unspecified atom stereocenters. The molecule has 1 fully saturated rings. The summed E-state index contributed by atoms with van der Waals surface area (Å²) in [5.74, 6) is -2.70. The molecule has 31 heavy (non-hydrogen) atoms. The van der Waals surface area contributed by atoms with Crippen LogP contribution in [0.4, 0.5) is 17.6 Å². The van der Waals surface area contributed by atoms with Gasteiger partial charge in [-0.1, -0.05) is 19.1 Å². The molecule has 0 spiro atoms. The molecule has 0 aromatic heterocycles. The van der Waals surface area contributed by atoms with Crippen LogP contribution in [-0.2, 0) is 9.53 Å². The third kappa shape index (κ3) is 6.45. The van der Waals surface area contributed by atoms with E-state index in [2.05, 4.69) is 11.7 Å². The number of esters is 1. The van der Waals surface area contributed by atoms with Gasteiger partial charge in [0.05, 0.1) is 25.2 Å². The average Bonchev–Trinajstić information content (AvgIpc) is 2.68. The predicted molar refractivity (Wildman–Crippen MR) is 103 cm³/mol. The van der Waals surface area contributed by atoms with Gasteiger partial charge in [0.25, 0.3) is 0 Å². The first-order valence-corrected chi connectivity index (χ1v) is 9.44. The van der Waals surface area contributed by atoms with Gasteiger partial charge in [0.2, 0.25) is 0 Å². The molecule has 166 valence electrons. The summed E-state index contributed by atoms with van der Waals surface area (Å²) < 4.78 is 69.6. The quantitative estimate of drug-likeness (QED) is 0.246. The summed E-state index contributed by atoms with van der Waals surface area (Å²) in [4.78, 5) is 11.9. The smallest absolute Gasteiger partial charge is 0.493 e. The zero-order valence-electron chi connectivity index (χ0n) is 16.6. The van der Waals surface area contributed by atoms with Gasteiger partial charge in [0.1, 0.15) is 11.5 Å². The van der Waals surface area contributed by atoms with Crippen LogP contribution in [0.15, 0.2) is 48.5 Å². The molecule has 1 aliphatic rings. The monoisotopic (exact) mass is 440 g/mol. The Balaban J connectivity index is 1.52. The minimum absolute atomic E-state index is 0.0683. The minimum atomic E-state index is -5.02. The summed E-state index contributed by atoms with van der Waals surface area (Å²) in [7, 11) is 0. The molecule has 0 bridgehead atoms. The molecule has 9 heteroatoms. The van der Waals surface area contributed by atoms with Crippen molar-refractivity contribution in [1.29, 1.82) is 0 Å². The van der Waals surface area contributed by atoms with Crippen molar-refractivity contribution in [3.8, 4) is 17.2 Å². The lowest BCUT2D eigenvalue weighted by atomic mass is 9.84. The Morgan fingerprint density at radius 2 is 1.81 bits per heavy atom. The lowest BCUT2D eigenvalue weighted by molar-refractivity contribution is -0.275. The van der Waals surface area contributed by atoms with Crippen LogP contribution in [0.25, 0.3) is 6.08 Å². The second-order valence-corrected chi connectivity index (χ2v) is 7.10. The zero-order chi connectivity index (χ0) is 22.5. The first-order chi connectivity index (χ1) is 14.7. The molecule has 0 radical (unpaired) electrons. The number of ether oxygens (including phenoxy) is 4. The van der Waals surface area contributed by atoms with Crippen molar-refractivity contribution in [3.05, 3.63) is 59.9 Å². The molecule has 1 aliphatic heterocycles. The fourth-order valence-corrected chi connectivity index (χ4v) is 2.76. The van der Waals surface area contributed by atoms with Gasteiger partial charge in [0, 0.05) is 12.1 Å². The number of carbonyl (C=O) groups is 1. The highest BCUT2D eigenvalue weighted by Crippen LogP contribution is 2.32. The van der Waals surface area contributed by atoms with Gasteiger partial charge in [-0.15, -0.1) is 13.2 Å². The molecule has 0 aliphatic carbocycles. The van der Waals surface area contributed by atoms with Crippen LogP contribution in [0, 0.1) is 11.2 Å². The third-order valence-corrected chi connectivity index (χ3v) is 4.75. The largest absolute Gasteiger partial charge is 0.573 e. The van der Waals surface area contributed by atoms with E-state index in [4.69, 9.17) is 14.2 Å². The highest BCUT2D eigenvalue weighted by molar-refractivity contribution is 5.88. The lowest BCUT2D eigenvalue weighted by Crippen LogP contribution is -2.46. The number of hydrogen-bond donors (Lipinski definition) is 0. The topological polar surface area (TPSA) is 54.0 Å². The third-order valence-electron chi connectivity index (χ3n) is 4.75. The van der Waals surface area contributed by atoms with E-state index in [0.29, 0.717) is 37.2 Å². The second kappa shape index (κ2) is 9.38. The Bertz CT molecular complexity index is 928.